The maximum atomic E-state index is 12.5. The molecule has 0 spiro atoms. The molecule has 0 bridgehead atoms. The Morgan fingerprint density at radius 1 is 1.33 bits per heavy atom. The topological polar surface area (TPSA) is 92.9 Å². The van der Waals surface area contributed by atoms with Crippen LogP contribution < -0.4 is 16.6 Å². The second kappa shape index (κ2) is 6.85. The van der Waals surface area contributed by atoms with E-state index in [-0.39, 0.29) is 17.9 Å². The Bertz CT molecular complexity index is 497. The molecule has 1 amide bonds. The molecule has 1 unspecified atom stereocenters. The highest BCUT2D eigenvalue weighted by molar-refractivity contribution is 5.97. The first-order valence-corrected chi connectivity index (χ1v) is 7.67. The molecule has 1 saturated carbocycles. The van der Waals surface area contributed by atoms with Crippen LogP contribution in [0.2, 0.25) is 0 Å². The van der Waals surface area contributed by atoms with Gasteiger partial charge >= 0.3 is 0 Å². The van der Waals surface area contributed by atoms with Crippen molar-refractivity contribution in [1.82, 2.24) is 15.3 Å². The summed E-state index contributed by atoms with van der Waals surface area (Å²) in [7, 11) is 0. The average Bonchev–Trinajstić information content (AvgIpc) is 3.00. The van der Waals surface area contributed by atoms with Crippen LogP contribution >= 0.6 is 0 Å². The van der Waals surface area contributed by atoms with Gasteiger partial charge in [-0.05, 0) is 25.7 Å². The van der Waals surface area contributed by atoms with Gasteiger partial charge in [-0.3, -0.25) is 10.6 Å². The molecule has 1 fully saturated rings. The summed E-state index contributed by atoms with van der Waals surface area (Å²) in [5.41, 5.74) is 3.27. The van der Waals surface area contributed by atoms with Crippen molar-refractivity contribution in [3.8, 4) is 0 Å². The zero-order valence-electron chi connectivity index (χ0n) is 13.0. The number of anilines is 1. The SMILES string of the molecule is CC(C)c1ncc(NN)c(C(=O)NC(C)C2CCCC2)n1. The molecule has 1 aromatic heterocycles. The van der Waals surface area contributed by atoms with Crippen LogP contribution in [0.5, 0.6) is 0 Å². The lowest BCUT2D eigenvalue weighted by Gasteiger charge is -2.21. The molecule has 1 aliphatic carbocycles. The van der Waals surface area contributed by atoms with Crippen LogP contribution in [-0.2, 0) is 0 Å². The van der Waals surface area contributed by atoms with Gasteiger partial charge in [-0.1, -0.05) is 26.7 Å². The van der Waals surface area contributed by atoms with Crippen LogP contribution in [0.25, 0.3) is 0 Å². The smallest absolute Gasteiger partial charge is 0.272 e. The fourth-order valence-electron chi connectivity index (χ4n) is 2.80. The monoisotopic (exact) mass is 291 g/mol. The fourth-order valence-corrected chi connectivity index (χ4v) is 2.80. The molecule has 0 aliphatic heterocycles. The number of hydrogen-bond acceptors (Lipinski definition) is 5. The summed E-state index contributed by atoms with van der Waals surface area (Å²) in [6, 6.07) is 0.156. The third-order valence-corrected chi connectivity index (χ3v) is 4.16. The number of carbonyl (C=O) groups excluding carboxylic acids is 1. The minimum atomic E-state index is -0.188. The van der Waals surface area contributed by atoms with E-state index in [0.29, 0.717) is 23.1 Å². The fraction of sp³-hybridized carbons (Fsp3) is 0.667. The van der Waals surface area contributed by atoms with Crippen molar-refractivity contribution in [3.05, 3.63) is 17.7 Å². The zero-order valence-corrected chi connectivity index (χ0v) is 13.0. The number of carbonyl (C=O) groups is 1. The van der Waals surface area contributed by atoms with E-state index in [1.165, 1.54) is 25.7 Å². The van der Waals surface area contributed by atoms with Crippen LogP contribution in [0, 0.1) is 5.92 Å². The predicted molar refractivity (Wildman–Crippen MR) is 82.8 cm³/mol. The lowest BCUT2D eigenvalue weighted by molar-refractivity contribution is 0.0922. The van der Waals surface area contributed by atoms with Gasteiger partial charge in [0.15, 0.2) is 5.69 Å². The third kappa shape index (κ3) is 3.69. The van der Waals surface area contributed by atoms with Gasteiger partial charge in [-0.25, -0.2) is 9.97 Å². The molecular formula is C15H25N5O. The number of rotatable bonds is 5. The van der Waals surface area contributed by atoms with Gasteiger partial charge in [-0.2, -0.15) is 0 Å². The van der Waals surface area contributed by atoms with Gasteiger partial charge in [0.05, 0.1) is 11.9 Å². The first-order chi connectivity index (χ1) is 10.0. The maximum Gasteiger partial charge on any atom is 0.272 e. The summed E-state index contributed by atoms with van der Waals surface area (Å²) >= 11 is 0. The Morgan fingerprint density at radius 3 is 2.57 bits per heavy atom. The van der Waals surface area contributed by atoms with Crippen LogP contribution in [-0.4, -0.2) is 21.9 Å². The summed E-state index contributed by atoms with van der Waals surface area (Å²) < 4.78 is 0. The summed E-state index contributed by atoms with van der Waals surface area (Å²) in [5, 5.41) is 3.05. The summed E-state index contributed by atoms with van der Waals surface area (Å²) in [5.74, 6) is 6.64. The van der Waals surface area contributed by atoms with Crippen LogP contribution in [0.3, 0.4) is 0 Å². The first kappa shape index (κ1) is 15.7. The number of nitrogens with zero attached hydrogens (tertiary/aromatic N) is 2. The summed E-state index contributed by atoms with van der Waals surface area (Å²) in [6.45, 7) is 6.05. The van der Waals surface area contributed by atoms with E-state index in [9.17, 15) is 4.79 Å². The van der Waals surface area contributed by atoms with Gasteiger partial charge in [0.25, 0.3) is 5.91 Å². The van der Waals surface area contributed by atoms with Crippen molar-refractivity contribution in [1.29, 1.82) is 0 Å². The Morgan fingerprint density at radius 2 is 2.00 bits per heavy atom. The molecule has 1 heterocycles. The largest absolute Gasteiger partial charge is 0.348 e. The van der Waals surface area contributed by atoms with Crippen molar-refractivity contribution in [2.24, 2.45) is 11.8 Å². The van der Waals surface area contributed by atoms with Crippen LogP contribution in [0.1, 0.15) is 68.7 Å². The molecule has 0 aromatic carbocycles. The Kier molecular flexibility index (Phi) is 5.12. The van der Waals surface area contributed by atoms with Crippen molar-refractivity contribution in [3.63, 3.8) is 0 Å². The third-order valence-electron chi connectivity index (χ3n) is 4.16. The van der Waals surface area contributed by atoms with E-state index >= 15 is 0 Å². The lowest BCUT2D eigenvalue weighted by atomic mass is 10.00. The van der Waals surface area contributed by atoms with E-state index in [0.717, 1.165) is 0 Å². The number of nitrogen functional groups attached to an aromatic ring is 1. The van der Waals surface area contributed by atoms with Gasteiger partial charge in [0.2, 0.25) is 0 Å². The highest BCUT2D eigenvalue weighted by Gasteiger charge is 2.25. The van der Waals surface area contributed by atoms with Crippen molar-refractivity contribution < 1.29 is 4.79 Å². The number of hydrogen-bond donors (Lipinski definition) is 3. The average molecular weight is 291 g/mol. The molecule has 21 heavy (non-hydrogen) atoms. The standard InChI is InChI=1S/C15H25N5O/c1-9(2)14-17-8-12(20-16)13(19-14)15(21)18-10(3)11-6-4-5-7-11/h8-11,20H,4-7,16H2,1-3H3,(H,18,21). The second-order valence-corrected chi connectivity index (χ2v) is 6.10. The van der Waals surface area contributed by atoms with Crippen molar-refractivity contribution >= 4 is 11.6 Å². The number of nitrogens with two attached hydrogens (primary N) is 1. The van der Waals surface area contributed by atoms with Gasteiger partial charge < -0.3 is 10.7 Å². The Labute approximate surface area is 125 Å². The quantitative estimate of drug-likeness (QED) is 0.571. The molecule has 116 valence electrons. The minimum absolute atomic E-state index is 0.156. The Hall–Kier alpha value is -1.69. The van der Waals surface area contributed by atoms with Gasteiger partial charge in [-0.15, -0.1) is 0 Å². The minimum Gasteiger partial charge on any atom is -0.348 e. The Balaban J connectivity index is 2.14. The predicted octanol–water partition coefficient (Wildman–Crippen LogP) is 2.19. The molecule has 4 N–H and O–H groups in total. The van der Waals surface area contributed by atoms with E-state index in [4.69, 9.17) is 5.84 Å². The molecule has 1 aromatic rings. The lowest BCUT2D eigenvalue weighted by Crippen LogP contribution is -2.38. The molecule has 0 saturated heterocycles. The zero-order chi connectivity index (χ0) is 15.4. The number of amides is 1. The van der Waals surface area contributed by atoms with E-state index in [1.54, 1.807) is 6.20 Å². The summed E-state index contributed by atoms with van der Waals surface area (Å²) in [6.07, 6.45) is 6.45. The van der Waals surface area contributed by atoms with E-state index in [2.05, 4.69) is 27.6 Å². The molecule has 2 rings (SSSR count). The van der Waals surface area contributed by atoms with Crippen LogP contribution in [0.15, 0.2) is 6.20 Å². The van der Waals surface area contributed by atoms with Gasteiger partial charge in [0.1, 0.15) is 5.82 Å². The van der Waals surface area contributed by atoms with Crippen molar-refractivity contribution in [2.45, 2.75) is 58.4 Å². The molecule has 0 radical (unpaired) electrons. The normalized spacial score (nSPS) is 17.0. The maximum absolute atomic E-state index is 12.5. The second-order valence-electron chi connectivity index (χ2n) is 6.10. The summed E-state index contributed by atoms with van der Waals surface area (Å²) in [4.78, 5) is 21.0. The number of hydrazine groups is 1. The highest BCUT2D eigenvalue weighted by atomic mass is 16.2. The number of nitrogens with one attached hydrogen (secondary N) is 2. The molecular weight excluding hydrogens is 266 g/mol. The van der Waals surface area contributed by atoms with E-state index < -0.39 is 0 Å². The van der Waals surface area contributed by atoms with Gasteiger partial charge in [0, 0.05) is 12.0 Å². The highest BCUT2D eigenvalue weighted by Crippen LogP contribution is 2.27. The van der Waals surface area contributed by atoms with E-state index in [1.807, 2.05) is 13.8 Å². The van der Waals surface area contributed by atoms with Crippen molar-refractivity contribution in [2.75, 3.05) is 5.43 Å². The first-order valence-electron chi connectivity index (χ1n) is 7.67. The molecule has 6 nitrogen and oxygen atoms in total. The molecule has 1 atom stereocenters. The molecule has 1 aliphatic rings. The molecule has 6 heteroatoms. The number of aromatic nitrogens is 2. The van der Waals surface area contributed by atoms with Crippen LogP contribution in [0.4, 0.5) is 5.69 Å².